The predicted octanol–water partition coefficient (Wildman–Crippen LogP) is 4.21. The van der Waals surface area contributed by atoms with Gasteiger partial charge in [0.1, 0.15) is 11.3 Å². The van der Waals surface area contributed by atoms with E-state index in [1.807, 2.05) is 26.8 Å². The number of benzene rings is 1. The number of fused-ring (bicyclic) bond motifs is 1. The summed E-state index contributed by atoms with van der Waals surface area (Å²) < 4.78 is 14.8. The summed E-state index contributed by atoms with van der Waals surface area (Å²) in [6.07, 6.45) is 0.760. The van der Waals surface area contributed by atoms with Gasteiger partial charge in [-0.05, 0) is 44.0 Å². The lowest BCUT2D eigenvalue weighted by atomic mass is 10.2. The van der Waals surface area contributed by atoms with E-state index in [1.54, 1.807) is 4.57 Å². The van der Waals surface area contributed by atoms with E-state index >= 15 is 0 Å². The third-order valence-corrected chi connectivity index (χ3v) is 5.95. The van der Waals surface area contributed by atoms with Gasteiger partial charge in [0.25, 0.3) is 5.56 Å². The zero-order valence-electron chi connectivity index (χ0n) is 16.4. The van der Waals surface area contributed by atoms with Crippen LogP contribution >= 0.6 is 23.4 Å². The average Bonchev–Trinajstić information content (AvgIpc) is 3.05. The van der Waals surface area contributed by atoms with Crippen LogP contribution in [0.1, 0.15) is 37.6 Å². The lowest BCUT2D eigenvalue weighted by Gasteiger charge is -2.17. The summed E-state index contributed by atoms with van der Waals surface area (Å²) in [4.78, 5) is 32.9. The smallest absolute Gasteiger partial charge is 0.278 e. The number of hydrogen-bond donors (Lipinski definition) is 2. The number of nitrogens with zero attached hydrogens (tertiary/aromatic N) is 2. The van der Waals surface area contributed by atoms with Gasteiger partial charge in [0, 0.05) is 23.3 Å². The number of aromatic amines is 1. The fraction of sp³-hybridized carbons (Fsp3) is 0.350. The van der Waals surface area contributed by atoms with E-state index in [0.29, 0.717) is 21.8 Å². The van der Waals surface area contributed by atoms with E-state index in [2.05, 4.69) is 15.3 Å². The van der Waals surface area contributed by atoms with E-state index in [9.17, 15) is 14.0 Å². The van der Waals surface area contributed by atoms with Gasteiger partial charge in [-0.2, -0.15) is 0 Å². The summed E-state index contributed by atoms with van der Waals surface area (Å²) in [5.74, 6) is -0.563. The minimum Gasteiger partial charge on any atom is -0.353 e. The Labute approximate surface area is 176 Å². The van der Waals surface area contributed by atoms with Gasteiger partial charge < -0.3 is 10.3 Å². The Morgan fingerprint density at radius 1 is 1.41 bits per heavy atom. The van der Waals surface area contributed by atoms with Crippen molar-refractivity contribution < 1.29 is 9.18 Å². The molecule has 0 aliphatic heterocycles. The van der Waals surface area contributed by atoms with Crippen molar-refractivity contribution in [2.75, 3.05) is 5.75 Å². The first kappa shape index (κ1) is 21.4. The van der Waals surface area contributed by atoms with Gasteiger partial charge >= 0.3 is 0 Å². The van der Waals surface area contributed by atoms with Crippen molar-refractivity contribution in [1.82, 2.24) is 19.9 Å². The average molecular weight is 437 g/mol. The lowest BCUT2D eigenvalue weighted by Crippen LogP contribution is -2.28. The Kier molecular flexibility index (Phi) is 6.64. The van der Waals surface area contributed by atoms with Crippen LogP contribution in [0.15, 0.2) is 34.2 Å². The summed E-state index contributed by atoms with van der Waals surface area (Å²) in [5.41, 5.74) is 2.41. The van der Waals surface area contributed by atoms with Crippen LogP contribution in [0.3, 0.4) is 0 Å². The number of carbonyl (C=O) groups is 1. The summed E-state index contributed by atoms with van der Waals surface area (Å²) >= 11 is 7.20. The molecule has 0 aliphatic carbocycles. The van der Waals surface area contributed by atoms with Gasteiger partial charge in [0.15, 0.2) is 5.16 Å². The zero-order valence-corrected chi connectivity index (χ0v) is 18.0. The molecule has 3 rings (SSSR count). The van der Waals surface area contributed by atoms with Crippen LogP contribution in [0.4, 0.5) is 4.39 Å². The molecule has 0 radical (unpaired) electrons. The van der Waals surface area contributed by atoms with Gasteiger partial charge in [0.05, 0.1) is 11.3 Å². The highest BCUT2D eigenvalue weighted by molar-refractivity contribution is 7.99. The molecule has 1 aromatic carbocycles. The number of hydrogen-bond acceptors (Lipinski definition) is 4. The van der Waals surface area contributed by atoms with Crippen molar-refractivity contribution in [3.8, 4) is 0 Å². The van der Waals surface area contributed by atoms with Crippen LogP contribution in [0.5, 0.6) is 0 Å². The molecule has 2 heterocycles. The second-order valence-electron chi connectivity index (χ2n) is 6.84. The van der Waals surface area contributed by atoms with Crippen molar-refractivity contribution in [1.29, 1.82) is 0 Å². The summed E-state index contributed by atoms with van der Waals surface area (Å²) in [7, 11) is 0. The Bertz CT molecular complexity index is 1110. The van der Waals surface area contributed by atoms with Crippen molar-refractivity contribution in [3.05, 3.63) is 56.7 Å². The van der Waals surface area contributed by atoms with Crippen LogP contribution < -0.4 is 10.9 Å². The van der Waals surface area contributed by atoms with Crippen LogP contribution in [-0.2, 0) is 11.3 Å². The van der Waals surface area contributed by atoms with Crippen LogP contribution in [0.2, 0.25) is 5.02 Å². The number of thioether (sulfide) groups is 1. The fourth-order valence-electron chi connectivity index (χ4n) is 2.90. The summed E-state index contributed by atoms with van der Waals surface area (Å²) in [6.45, 7) is 6.01. The largest absolute Gasteiger partial charge is 0.353 e. The number of aromatic nitrogens is 3. The van der Waals surface area contributed by atoms with Crippen LogP contribution in [0.25, 0.3) is 11.0 Å². The van der Waals surface area contributed by atoms with Crippen molar-refractivity contribution in [3.63, 3.8) is 0 Å². The second kappa shape index (κ2) is 9.00. The molecule has 2 N–H and O–H groups in total. The Morgan fingerprint density at radius 2 is 2.17 bits per heavy atom. The number of carbonyl (C=O) groups excluding carboxylic acids is 1. The predicted molar refractivity (Wildman–Crippen MR) is 114 cm³/mol. The minimum atomic E-state index is -0.426. The monoisotopic (exact) mass is 436 g/mol. The number of rotatable bonds is 7. The first-order valence-corrected chi connectivity index (χ1v) is 10.6. The van der Waals surface area contributed by atoms with E-state index in [0.717, 1.165) is 12.1 Å². The zero-order chi connectivity index (χ0) is 21.1. The Balaban J connectivity index is 1.75. The molecular formula is C20H22ClFN4O2S. The van der Waals surface area contributed by atoms with Crippen LogP contribution in [-0.4, -0.2) is 26.2 Å². The highest BCUT2D eigenvalue weighted by atomic mass is 35.5. The fourth-order valence-corrected chi connectivity index (χ4v) is 4.06. The molecule has 2 aromatic heterocycles. The molecule has 6 nitrogen and oxygen atoms in total. The Hall–Kier alpha value is -2.32. The van der Waals surface area contributed by atoms with Crippen molar-refractivity contribution >= 4 is 40.3 Å². The van der Waals surface area contributed by atoms with Crippen molar-refractivity contribution in [2.45, 2.75) is 44.9 Å². The number of aryl methyl sites for hydroxylation is 1. The minimum absolute atomic E-state index is 0.0495. The molecule has 3 aromatic rings. The lowest BCUT2D eigenvalue weighted by molar-refractivity contribution is -0.118. The molecular weight excluding hydrogens is 415 g/mol. The quantitative estimate of drug-likeness (QED) is 0.429. The number of halogens is 2. The SMILES string of the molecule is CC[C@H](C)n1c(SCC(=O)NCc2ccc(F)cc2Cl)nc2cc(C)[nH]c2c1=O. The molecule has 1 atom stereocenters. The number of nitrogens with one attached hydrogen (secondary N) is 2. The molecule has 0 saturated heterocycles. The summed E-state index contributed by atoms with van der Waals surface area (Å²) in [6, 6.07) is 5.81. The van der Waals surface area contributed by atoms with Gasteiger partial charge in [-0.1, -0.05) is 36.4 Å². The molecule has 0 bridgehead atoms. The Morgan fingerprint density at radius 3 is 2.86 bits per heavy atom. The van der Waals surface area contributed by atoms with Crippen molar-refractivity contribution in [2.24, 2.45) is 0 Å². The second-order valence-corrected chi connectivity index (χ2v) is 8.19. The van der Waals surface area contributed by atoms with Gasteiger partial charge in [0.2, 0.25) is 5.91 Å². The molecule has 0 unspecified atom stereocenters. The first-order chi connectivity index (χ1) is 13.8. The first-order valence-electron chi connectivity index (χ1n) is 9.25. The highest BCUT2D eigenvalue weighted by Gasteiger charge is 2.18. The van der Waals surface area contributed by atoms with E-state index in [4.69, 9.17) is 11.6 Å². The van der Waals surface area contributed by atoms with E-state index in [-0.39, 0.29) is 34.8 Å². The van der Waals surface area contributed by atoms with Gasteiger partial charge in [-0.3, -0.25) is 14.2 Å². The highest BCUT2D eigenvalue weighted by Crippen LogP contribution is 2.23. The maximum atomic E-state index is 13.1. The van der Waals surface area contributed by atoms with Crippen LogP contribution in [0, 0.1) is 12.7 Å². The maximum Gasteiger partial charge on any atom is 0.278 e. The molecule has 29 heavy (non-hydrogen) atoms. The molecule has 0 spiro atoms. The molecule has 0 saturated carbocycles. The molecule has 0 fully saturated rings. The van der Waals surface area contributed by atoms with E-state index < -0.39 is 5.82 Å². The standard InChI is InChI=1S/C20H22ClFN4O2S/c1-4-12(3)26-19(28)18-16(7-11(2)24-18)25-20(26)29-10-17(27)23-9-13-5-6-14(22)8-15(13)21/h5-8,12,24H,4,9-10H2,1-3H3,(H,23,27)/t12-/m0/s1. The number of H-pyrrole nitrogens is 1. The third-order valence-electron chi connectivity index (χ3n) is 4.64. The third kappa shape index (κ3) is 4.82. The van der Waals surface area contributed by atoms with Gasteiger partial charge in [-0.25, -0.2) is 9.37 Å². The molecule has 1 amide bonds. The van der Waals surface area contributed by atoms with Gasteiger partial charge in [-0.15, -0.1) is 0 Å². The molecule has 154 valence electrons. The molecule has 9 heteroatoms. The summed E-state index contributed by atoms with van der Waals surface area (Å²) in [5, 5.41) is 3.53. The topological polar surface area (TPSA) is 79.8 Å². The molecule has 0 aliphatic rings. The maximum absolute atomic E-state index is 13.1. The number of amides is 1. The van der Waals surface area contributed by atoms with E-state index in [1.165, 1.54) is 30.0 Å². The normalized spacial score (nSPS) is 12.3.